The number of aryl methyl sites for hydroxylation is 1. The number of benzene rings is 1. The fourth-order valence-corrected chi connectivity index (χ4v) is 2.35. The van der Waals surface area contributed by atoms with Crippen molar-refractivity contribution in [2.45, 2.75) is 19.1 Å². The lowest BCUT2D eigenvalue weighted by atomic mass is 9.98. The lowest BCUT2D eigenvalue weighted by molar-refractivity contribution is -0.158. The van der Waals surface area contributed by atoms with E-state index in [9.17, 15) is 18.0 Å². The number of carbonyl (C=O) groups is 1. The van der Waals surface area contributed by atoms with Gasteiger partial charge < -0.3 is 5.32 Å². The summed E-state index contributed by atoms with van der Waals surface area (Å²) in [6.07, 6.45) is -4.31. The van der Waals surface area contributed by atoms with Crippen LogP contribution in [0.3, 0.4) is 0 Å². The number of rotatable bonds is 2. The van der Waals surface area contributed by atoms with Crippen molar-refractivity contribution in [1.82, 2.24) is 10.2 Å². The first-order valence-electron chi connectivity index (χ1n) is 6.02. The number of carbonyl (C=O) groups excluding carboxylic acids is 1. The van der Waals surface area contributed by atoms with Gasteiger partial charge in [-0.25, -0.2) is 0 Å². The van der Waals surface area contributed by atoms with Crippen LogP contribution in [0.4, 0.5) is 13.2 Å². The summed E-state index contributed by atoms with van der Waals surface area (Å²) in [4.78, 5) is 13.1. The van der Waals surface area contributed by atoms with Crippen LogP contribution in [-0.4, -0.2) is 36.6 Å². The van der Waals surface area contributed by atoms with Crippen molar-refractivity contribution in [3.05, 3.63) is 35.4 Å². The highest BCUT2D eigenvalue weighted by Gasteiger charge is 2.39. The molecule has 3 nitrogen and oxygen atoms in total. The minimum Gasteiger partial charge on any atom is -0.353 e. The summed E-state index contributed by atoms with van der Waals surface area (Å²) < 4.78 is 37.8. The molecule has 1 aliphatic rings. The molecular weight excluding hydrogens is 293 g/mol. The largest absolute Gasteiger partial charge is 0.401 e. The first-order chi connectivity index (χ1) is 8.88. The Kier molecular flexibility index (Phi) is 5.42. The van der Waals surface area contributed by atoms with Crippen molar-refractivity contribution in [3.63, 3.8) is 0 Å². The van der Waals surface area contributed by atoms with Crippen LogP contribution < -0.4 is 5.32 Å². The van der Waals surface area contributed by atoms with E-state index in [1.54, 1.807) is 31.2 Å². The summed E-state index contributed by atoms with van der Waals surface area (Å²) in [6.45, 7) is 1.17. The average Bonchev–Trinajstić information content (AvgIpc) is 2.29. The van der Waals surface area contributed by atoms with Gasteiger partial charge in [-0.05, 0) is 18.1 Å². The van der Waals surface area contributed by atoms with Crippen LogP contribution in [0, 0.1) is 6.92 Å². The van der Waals surface area contributed by atoms with Gasteiger partial charge in [0.1, 0.15) is 6.04 Å². The second-order valence-electron chi connectivity index (χ2n) is 4.64. The fraction of sp³-hybridized carbons (Fsp3) is 0.462. The molecule has 0 aromatic heterocycles. The standard InChI is InChI=1S/C13H15F3N2O.ClH/c1-9-4-2-3-5-10(9)11-12(19)17-6-7-18(11)8-13(14,15)16;/h2-5,11H,6-8H2,1H3,(H,17,19);1H. The highest BCUT2D eigenvalue weighted by atomic mass is 35.5. The summed E-state index contributed by atoms with van der Waals surface area (Å²) in [5, 5.41) is 2.63. The summed E-state index contributed by atoms with van der Waals surface area (Å²) in [5.74, 6) is -0.371. The van der Waals surface area contributed by atoms with Gasteiger partial charge in [0.2, 0.25) is 5.91 Å². The Hall–Kier alpha value is -1.27. The molecule has 0 spiro atoms. The molecule has 20 heavy (non-hydrogen) atoms. The summed E-state index contributed by atoms with van der Waals surface area (Å²) in [7, 11) is 0. The van der Waals surface area contributed by atoms with Crippen LogP contribution in [0.1, 0.15) is 17.2 Å². The minimum absolute atomic E-state index is 0. The maximum absolute atomic E-state index is 12.6. The number of nitrogens with one attached hydrogen (secondary N) is 1. The highest BCUT2D eigenvalue weighted by Crippen LogP contribution is 2.29. The molecule has 1 atom stereocenters. The van der Waals surface area contributed by atoms with Crippen molar-refractivity contribution in [2.75, 3.05) is 19.6 Å². The molecule has 112 valence electrons. The van der Waals surface area contributed by atoms with Crippen LogP contribution >= 0.6 is 12.4 Å². The summed E-state index contributed by atoms with van der Waals surface area (Å²) in [5.41, 5.74) is 1.45. The Morgan fingerprint density at radius 2 is 2.00 bits per heavy atom. The van der Waals surface area contributed by atoms with Gasteiger partial charge >= 0.3 is 6.18 Å². The number of alkyl halides is 3. The minimum atomic E-state index is -4.31. The summed E-state index contributed by atoms with van der Waals surface area (Å²) >= 11 is 0. The smallest absolute Gasteiger partial charge is 0.353 e. The molecule has 0 radical (unpaired) electrons. The van der Waals surface area contributed by atoms with Gasteiger partial charge in [0.25, 0.3) is 0 Å². The van der Waals surface area contributed by atoms with Crippen LogP contribution in [0.15, 0.2) is 24.3 Å². The first-order valence-corrected chi connectivity index (χ1v) is 6.02. The summed E-state index contributed by atoms with van der Waals surface area (Å²) in [6, 6.07) is 6.16. The van der Waals surface area contributed by atoms with Crippen LogP contribution in [-0.2, 0) is 4.79 Å². The van der Waals surface area contributed by atoms with Crippen molar-refractivity contribution in [3.8, 4) is 0 Å². The molecule has 2 rings (SSSR count). The van der Waals surface area contributed by atoms with Gasteiger partial charge in [-0.3, -0.25) is 9.69 Å². The van der Waals surface area contributed by atoms with Crippen LogP contribution in [0.2, 0.25) is 0 Å². The fourth-order valence-electron chi connectivity index (χ4n) is 2.35. The van der Waals surface area contributed by atoms with Crippen molar-refractivity contribution in [2.24, 2.45) is 0 Å². The third-order valence-electron chi connectivity index (χ3n) is 3.18. The van der Waals surface area contributed by atoms with E-state index in [4.69, 9.17) is 0 Å². The van der Waals surface area contributed by atoms with E-state index in [0.29, 0.717) is 5.56 Å². The zero-order chi connectivity index (χ0) is 14.0. The van der Waals surface area contributed by atoms with Crippen molar-refractivity contribution in [1.29, 1.82) is 0 Å². The normalized spacial score (nSPS) is 20.2. The van der Waals surface area contributed by atoms with Gasteiger partial charge in [-0.2, -0.15) is 13.2 Å². The Labute approximate surface area is 121 Å². The molecule has 1 aromatic rings. The predicted octanol–water partition coefficient (Wildman–Crippen LogP) is 2.45. The van der Waals surface area contributed by atoms with Gasteiger partial charge in [0.05, 0.1) is 6.54 Å². The molecule has 1 fully saturated rings. The Morgan fingerprint density at radius 1 is 1.35 bits per heavy atom. The Bertz CT molecular complexity index is 479. The maximum atomic E-state index is 12.6. The number of hydrogen-bond donors (Lipinski definition) is 1. The molecule has 7 heteroatoms. The quantitative estimate of drug-likeness (QED) is 0.910. The van der Waals surface area contributed by atoms with Crippen molar-refractivity contribution >= 4 is 18.3 Å². The SMILES string of the molecule is Cc1ccccc1C1C(=O)NCCN1CC(F)(F)F.Cl. The van der Waals surface area contributed by atoms with Gasteiger partial charge in [-0.1, -0.05) is 24.3 Å². The van der Waals surface area contributed by atoms with Crippen LogP contribution in [0.25, 0.3) is 0 Å². The number of piperazine rings is 1. The van der Waals surface area contributed by atoms with Crippen molar-refractivity contribution < 1.29 is 18.0 Å². The molecule has 0 aliphatic carbocycles. The van der Waals surface area contributed by atoms with Gasteiger partial charge in [0.15, 0.2) is 0 Å². The van der Waals surface area contributed by atoms with E-state index in [1.807, 2.05) is 0 Å². The molecule has 1 saturated heterocycles. The first kappa shape index (κ1) is 16.8. The highest BCUT2D eigenvalue weighted by molar-refractivity contribution is 5.85. The number of hydrogen-bond acceptors (Lipinski definition) is 2. The molecule has 0 saturated carbocycles. The van der Waals surface area contributed by atoms with E-state index in [2.05, 4.69) is 5.32 Å². The van der Waals surface area contributed by atoms with E-state index < -0.39 is 18.8 Å². The Balaban J connectivity index is 0.00000200. The van der Waals surface area contributed by atoms with E-state index in [0.717, 1.165) is 5.56 Å². The molecule has 1 unspecified atom stereocenters. The molecule has 1 amide bonds. The van der Waals surface area contributed by atoms with Gasteiger partial charge in [-0.15, -0.1) is 12.4 Å². The van der Waals surface area contributed by atoms with Crippen LogP contribution in [0.5, 0.6) is 0 Å². The number of amides is 1. The average molecular weight is 309 g/mol. The molecule has 0 bridgehead atoms. The van der Waals surface area contributed by atoms with E-state index >= 15 is 0 Å². The van der Waals surface area contributed by atoms with Gasteiger partial charge in [0, 0.05) is 13.1 Å². The number of halogens is 4. The molecule has 1 N–H and O–H groups in total. The number of nitrogens with zero attached hydrogens (tertiary/aromatic N) is 1. The molecular formula is C13H16ClF3N2O. The maximum Gasteiger partial charge on any atom is 0.401 e. The lowest BCUT2D eigenvalue weighted by Gasteiger charge is -2.36. The van der Waals surface area contributed by atoms with E-state index in [1.165, 1.54) is 4.90 Å². The zero-order valence-electron chi connectivity index (χ0n) is 10.9. The van der Waals surface area contributed by atoms with E-state index in [-0.39, 0.29) is 31.4 Å². The monoisotopic (exact) mass is 308 g/mol. The molecule has 1 aliphatic heterocycles. The Morgan fingerprint density at radius 3 is 2.60 bits per heavy atom. The second-order valence-corrected chi connectivity index (χ2v) is 4.64. The topological polar surface area (TPSA) is 32.3 Å². The molecule has 1 aromatic carbocycles. The third-order valence-corrected chi connectivity index (χ3v) is 3.18. The zero-order valence-corrected chi connectivity index (χ0v) is 11.7. The second kappa shape index (κ2) is 6.45. The lowest BCUT2D eigenvalue weighted by Crippen LogP contribution is -2.52. The molecule has 1 heterocycles. The third kappa shape index (κ3) is 3.86. The predicted molar refractivity (Wildman–Crippen MR) is 71.8 cm³/mol.